The van der Waals surface area contributed by atoms with Gasteiger partial charge in [0.25, 0.3) is 0 Å². The van der Waals surface area contributed by atoms with Crippen LogP contribution in [0.3, 0.4) is 0 Å². The Balaban J connectivity index is 1.99. The van der Waals surface area contributed by atoms with Gasteiger partial charge in [-0.2, -0.15) is 0 Å². The van der Waals surface area contributed by atoms with Crippen molar-refractivity contribution in [2.45, 2.75) is 45.4 Å². The number of carbonyl (C=O) groups is 2. The van der Waals surface area contributed by atoms with Crippen LogP contribution in [-0.2, 0) is 9.53 Å². The summed E-state index contributed by atoms with van der Waals surface area (Å²) in [5, 5.41) is 0. The third-order valence-electron chi connectivity index (χ3n) is 3.61. The van der Waals surface area contributed by atoms with Gasteiger partial charge >= 0.3 is 6.09 Å². The molecule has 1 aliphatic heterocycles. The van der Waals surface area contributed by atoms with Crippen LogP contribution in [0.25, 0.3) is 0 Å². The highest BCUT2D eigenvalue weighted by molar-refractivity contribution is 5.93. The van der Waals surface area contributed by atoms with Crippen molar-refractivity contribution in [2.75, 3.05) is 13.1 Å². The van der Waals surface area contributed by atoms with Gasteiger partial charge in [0.1, 0.15) is 11.8 Å². The van der Waals surface area contributed by atoms with Gasteiger partial charge in [0.05, 0.1) is 6.54 Å². The van der Waals surface area contributed by atoms with E-state index in [1.807, 2.05) is 0 Å². The van der Waals surface area contributed by atoms with Crippen molar-refractivity contribution in [1.82, 2.24) is 4.90 Å². The van der Waals surface area contributed by atoms with Crippen LogP contribution in [0.2, 0.25) is 0 Å². The van der Waals surface area contributed by atoms with E-state index in [1.54, 1.807) is 26.8 Å². The second kappa shape index (κ2) is 4.62. The first-order chi connectivity index (χ1) is 8.72. The first kappa shape index (κ1) is 14.0. The van der Waals surface area contributed by atoms with Crippen molar-refractivity contribution >= 4 is 11.9 Å². The maximum Gasteiger partial charge on any atom is 0.410 e. The Hall–Kier alpha value is -1.39. The second-order valence-corrected chi connectivity index (χ2v) is 6.35. The monoisotopic (exact) mass is 269 g/mol. The van der Waals surface area contributed by atoms with E-state index in [2.05, 4.69) is 0 Å². The van der Waals surface area contributed by atoms with Gasteiger partial charge in [-0.05, 0) is 33.3 Å². The molecule has 2 aliphatic rings. The average molecular weight is 269 g/mol. The molecule has 1 amide bonds. The van der Waals surface area contributed by atoms with Gasteiger partial charge in [-0.15, -0.1) is 0 Å². The molecular weight excluding hydrogens is 249 g/mol. The average Bonchev–Trinajstić information content (AvgIpc) is 2.63. The molecule has 0 aromatic carbocycles. The molecular formula is C14H20FNO3. The molecule has 1 saturated heterocycles. The van der Waals surface area contributed by atoms with Gasteiger partial charge < -0.3 is 9.64 Å². The SMILES string of the molecule is CC(C)(C)OC(=O)N1CCC2(C=CC(=O)C2)[C@@H](F)C1. The lowest BCUT2D eigenvalue weighted by atomic mass is 9.76. The Kier molecular flexibility index (Phi) is 3.41. The van der Waals surface area contributed by atoms with Crippen LogP contribution in [0.4, 0.5) is 9.18 Å². The normalized spacial score (nSPS) is 31.1. The standard InChI is InChI=1S/C14H20FNO3/c1-13(2,3)19-12(18)16-7-6-14(11(15)9-16)5-4-10(17)8-14/h4-5,11H,6-9H2,1-3H3/t11-,14?/m0/s1. The van der Waals surface area contributed by atoms with E-state index in [1.165, 1.54) is 11.0 Å². The fourth-order valence-electron chi connectivity index (χ4n) is 2.55. The van der Waals surface area contributed by atoms with Crippen LogP contribution in [-0.4, -0.2) is 41.6 Å². The number of hydrogen-bond acceptors (Lipinski definition) is 3. The molecule has 0 N–H and O–H groups in total. The zero-order valence-electron chi connectivity index (χ0n) is 11.6. The maximum atomic E-state index is 14.3. The lowest BCUT2D eigenvalue weighted by Crippen LogP contribution is -2.51. The Bertz CT molecular complexity index is 427. The summed E-state index contributed by atoms with van der Waals surface area (Å²) in [6, 6.07) is 0. The maximum absolute atomic E-state index is 14.3. The Morgan fingerprint density at radius 2 is 2.21 bits per heavy atom. The molecule has 0 radical (unpaired) electrons. The van der Waals surface area contributed by atoms with Crippen LogP contribution in [0.15, 0.2) is 12.2 Å². The van der Waals surface area contributed by atoms with Crippen molar-refractivity contribution in [2.24, 2.45) is 5.41 Å². The molecule has 0 bridgehead atoms. The number of piperidine rings is 1. The van der Waals surface area contributed by atoms with Gasteiger partial charge in [-0.1, -0.05) is 6.08 Å². The first-order valence-electron chi connectivity index (χ1n) is 6.56. The Morgan fingerprint density at radius 3 is 2.68 bits per heavy atom. The summed E-state index contributed by atoms with van der Waals surface area (Å²) in [4.78, 5) is 24.6. The molecule has 0 aromatic heterocycles. The molecule has 1 spiro atoms. The molecule has 4 nitrogen and oxygen atoms in total. The number of ether oxygens (including phenoxy) is 1. The Labute approximate surface area is 112 Å². The predicted octanol–water partition coefficient (Wildman–Crippen LogP) is 2.48. The number of nitrogens with zero attached hydrogens (tertiary/aromatic N) is 1. The second-order valence-electron chi connectivity index (χ2n) is 6.35. The number of alkyl halides is 1. The molecule has 106 valence electrons. The molecule has 2 atom stereocenters. The highest BCUT2D eigenvalue weighted by atomic mass is 19.1. The van der Waals surface area contributed by atoms with Crippen molar-refractivity contribution in [3.8, 4) is 0 Å². The lowest BCUT2D eigenvalue weighted by Gasteiger charge is -2.40. The van der Waals surface area contributed by atoms with E-state index in [0.29, 0.717) is 13.0 Å². The number of amides is 1. The van der Waals surface area contributed by atoms with E-state index < -0.39 is 23.3 Å². The number of halogens is 1. The topological polar surface area (TPSA) is 46.6 Å². The fraction of sp³-hybridized carbons (Fsp3) is 0.714. The number of likely N-dealkylation sites (tertiary alicyclic amines) is 1. The highest BCUT2D eigenvalue weighted by Gasteiger charge is 2.46. The molecule has 1 heterocycles. The van der Waals surface area contributed by atoms with Gasteiger partial charge in [0, 0.05) is 18.4 Å². The molecule has 0 aromatic rings. The minimum Gasteiger partial charge on any atom is -0.444 e. The zero-order chi connectivity index (χ0) is 14.3. The van der Waals surface area contributed by atoms with E-state index in [0.717, 1.165) is 0 Å². The van der Waals surface area contributed by atoms with E-state index in [4.69, 9.17) is 4.74 Å². The predicted molar refractivity (Wildman–Crippen MR) is 68.5 cm³/mol. The number of ketones is 1. The largest absolute Gasteiger partial charge is 0.444 e. The number of carbonyl (C=O) groups excluding carboxylic acids is 2. The fourth-order valence-corrected chi connectivity index (χ4v) is 2.55. The molecule has 1 fully saturated rings. The van der Waals surface area contributed by atoms with Crippen molar-refractivity contribution in [3.05, 3.63) is 12.2 Å². The zero-order valence-corrected chi connectivity index (χ0v) is 11.6. The van der Waals surface area contributed by atoms with Crippen molar-refractivity contribution in [3.63, 3.8) is 0 Å². The van der Waals surface area contributed by atoms with Crippen molar-refractivity contribution in [1.29, 1.82) is 0 Å². The van der Waals surface area contributed by atoms with E-state index >= 15 is 0 Å². The number of rotatable bonds is 0. The number of hydrogen-bond donors (Lipinski definition) is 0. The quantitative estimate of drug-likeness (QED) is 0.678. The molecule has 2 rings (SSSR count). The van der Waals surface area contributed by atoms with Crippen LogP contribution >= 0.6 is 0 Å². The first-order valence-corrected chi connectivity index (χ1v) is 6.56. The summed E-state index contributed by atoms with van der Waals surface area (Å²) in [6.45, 7) is 5.75. The van der Waals surface area contributed by atoms with Crippen LogP contribution in [0.5, 0.6) is 0 Å². The van der Waals surface area contributed by atoms with Gasteiger partial charge in [0.15, 0.2) is 5.78 Å². The van der Waals surface area contributed by atoms with E-state index in [9.17, 15) is 14.0 Å². The third-order valence-corrected chi connectivity index (χ3v) is 3.61. The van der Waals surface area contributed by atoms with Gasteiger partial charge in [-0.25, -0.2) is 9.18 Å². The Morgan fingerprint density at radius 1 is 1.53 bits per heavy atom. The molecule has 1 aliphatic carbocycles. The lowest BCUT2D eigenvalue weighted by molar-refractivity contribution is -0.116. The molecule has 5 heteroatoms. The molecule has 19 heavy (non-hydrogen) atoms. The third kappa shape index (κ3) is 2.96. The smallest absolute Gasteiger partial charge is 0.410 e. The van der Waals surface area contributed by atoms with Gasteiger partial charge in [-0.3, -0.25) is 4.79 Å². The minimum absolute atomic E-state index is 0.00741. The van der Waals surface area contributed by atoms with Crippen LogP contribution in [0, 0.1) is 5.41 Å². The van der Waals surface area contributed by atoms with Gasteiger partial charge in [0.2, 0.25) is 0 Å². The summed E-state index contributed by atoms with van der Waals surface area (Å²) >= 11 is 0. The van der Waals surface area contributed by atoms with Crippen molar-refractivity contribution < 1.29 is 18.7 Å². The van der Waals surface area contributed by atoms with Crippen LogP contribution < -0.4 is 0 Å². The van der Waals surface area contributed by atoms with E-state index in [-0.39, 0.29) is 18.7 Å². The summed E-state index contributed by atoms with van der Waals surface area (Å²) in [5.74, 6) is -0.0339. The number of allylic oxidation sites excluding steroid dienone is 2. The summed E-state index contributed by atoms with van der Waals surface area (Å²) in [5.41, 5.74) is -1.28. The summed E-state index contributed by atoms with van der Waals surface area (Å²) < 4.78 is 19.5. The highest BCUT2D eigenvalue weighted by Crippen LogP contribution is 2.42. The van der Waals surface area contributed by atoms with Crippen LogP contribution in [0.1, 0.15) is 33.6 Å². The summed E-state index contributed by atoms with van der Waals surface area (Å²) in [7, 11) is 0. The summed E-state index contributed by atoms with van der Waals surface area (Å²) in [6.07, 6.45) is 2.11. The molecule has 1 unspecified atom stereocenters. The molecule has 0 saturated carbocycles. The minimum atomic E-state index is -1.21.